The molecule has 1 rings (SSSR count). The lowest BCUT2D eigenvalue weighted by atomic mass is 9.88. The lowest BCUT2D eigenvalue weighted by Gasteiger charge is -2.34. The molecule has 0 aliphatic heterocycles. The molecule has 1 aromatic rings. The quantitative estimate of drug-likeness (QED) is 0.762. The number of hydrogen-bond acceptors (Lipinski definition) is 2. The first-order chi connectivity index (χ1) is 8.17. The zero-order valence-electron chi connectivity index (χ0n) is 10.8. The van der Waals surface area contributed by atoms with Crippen LogP contribution in [0.2, 0.25) is 0 Å². The predicted molar refractivity (Wildman–Crippen MR) is 71.6 cm³/mol. The molecule has 96 valence electrons. The van der Waals surface area contributed by atoms with Gasteiger partial charge in [0.25, 0.3) is 0 Å². The first kappa shape index (κ1) is 14.0. The number of nitrogens with two attached hydrogens (primary N) is 1. The van der Waals surface area contributed by atoms with E-state index in [9.17, 15) is 4.39 Å². The molecule has 0 fully saturated rings. The predicted octanol–water partition coefficient (Wildman–Crippen LogP) is 3.54. The third-order valence-electron chi connectivity index (χ3n) is 3.12. The zero-order valence-corrected chi connectivity index (χ0v) is 10.8. The Hall–Kier alpha value is -1.09. The van der Waals surface area contributed by atoms with E-state index in [4.69, 9.17) is 5.73 Å². The second-order valence-electron chi connectivity index (χ2n) is 4.59. The van der Waals surface area contributed by atoms with Gasteiger partial charge in [0.05, 0.1) is 5.69 Å². The van der Waals surface area contributed by atoms with Gasteiger partial charge in [-0.3, -0.25) is 0 Å². The highest BCUT2D eigenvalue weighted by Crippen LogP contribution is 2.26. The van der Waals surface area contributed by atoms with Gasteiger partial charge >= 0.3 is 0 Å². The lowest BCUT2D eigenvalue weighted by Crippen LogP contribution is -2.45. The molecule has 17 heavy (non-hydrogen) atoms. The number of halogens is 1. The topological polar surface area (TPSA) is 38.0 Å². The van der Waals surface area contributed by atoms with Crippen molar-refractivity contribution in [1.82, 2.24) is 0 Å². The smallest absolute Gasteiger partial charge is 0.146 e. The molecular weight excluding hydrogens is 215 g/mol. The van der Waals surface area contributed by atoms with Crippen LogP contribution in [0.5, 0.6) is 0 Å². The lowest BCUT2D eigenvalue weighted by molar-refractivity contribution is 0.399. The Bertz CT molecular complexity index is 333. The Balaban J connectivity index is 2.88. The Morgan fingerprint density at radius 3 is 2.24 bits per heavy atom. The van der Waals surface area contributed by atoms with Gasteiger partial charge in [0, 0.05) is 12.1 Å². The van der Waals surface area contributed by atoms with Gasteiger partial charge in [-0.2, -0.15) is 0 Å². The van der Waals surface area contributed by atoms with Gasteiger partial charge < -0.3 is 11.1 Å². The van der Waals surface area contributed by atoms with Crippen LogP contribution in [0.1, 0.15) is 39.5 Å². The molecule has 0 amide bonds. The van der Waals surface area contributed by atoms with Crippen molar-refractivity contribution in [3.8, 4) is 0 Å². The monoisotopic (exact) mass is 238 g/mol. The fraction of sp³-hybridized carbons (Fsp3) is 0.571. The summed E-state index contributed by atoms with van der Waals surface area (Å²) >= 11 is 0. The minimum atomic E-state index is -0.211. The normalized spacial score (nSPS) is 11.5. The summed E-state index contributed by atoms with van der Waals surface area (Å²) in [6.45, 7) is 4.79. The summed E-state index contributed by atoms with van der Waals surface area (Å²) in [5.74, 6) is -0.211. The summed E-state index contributed by atoms with van der Waals surface area (Å²) in [5.41, 5.74) is 6.27. The molecular formula is C14H23FN2. The largest absolute Gasteiger partial charge is 0.376 e. The fourth-order valence-corrected chi connectivity index (χ4v) is 2.31. The number of benzene rings is 1. The summed E-state index contributed by atoms with van der Waals surface area (Å²) in [7, 11) is 0. The van der Waals surface area contributed by atoms with Crippen LogP contribution in [0.4, 0.5) is 10.1 Å². The standard InChI is InChI=1S/C14H23FN2/c1-3-9-14(11-16,10-4-2)17-13-8-6-5-7-12(13)15/h5-8,17H,3-4,9-11,16H2,1-2H3. The molecule has 0 bridgehead atoms. The molecule has 1 aromatic carbocycles. The van der Waals surface area contributed by atoms with E-state index in [0.717, 1.165) is 25.7 Å². The van der Waals surface area contributed by atoms with Crippen molar-refractivity contribution in [2.75, 3.05) is 11.9 Å². The van der Waals surface area contributed by atoms with Gasteiger partial charge in [-0.1, -0.05) is 38.8 Å². The van der Waals surface area contributed by atoms with Crippen molar-refractivity contribution in [1.29, 1.82) is 0 Å². The van der Waals surface area contributed by atoms with Crippen LogP contribution >= 0.6 is 0 Å². The van der Waals surface area contributed by atoms with E-state index < -0.39 is 0 Å². The van der Waals surface area contributed by atoms with Crippen molar-refractivity contribution in [3.63, 3.8) is 0 Å². The molecule has 0 atom stereocenters. The molecule has 0 aliphatic carbocycles. The molecule has 0 radical (unpaired) electrons. The highest BCUT2D eigenvalue weighted by Gasteiger charge is 2.27. The molecule has 0 saturated heterocycles. The van der Waals surface area contributed by atoms with E-state index in [-0.39, 0.29) is 11.4 Å². The van der Waals surface area contributed by atoms with Gasteiger partial charge in [0.15, 0.2) is 0 Å². The number of nitrogens with one attached hydrogen (secondary N) is 1. The van der Waals surface area contributed by atoms with Gasteiger partial charge in [-0.15, -0.1) is 0 Å². The van der Waals surface area contributed by atoms with Crippen LogP contribution in [0.25, 0.3) is 0 Å². The van der Waals surface area contributed by atoms with Crippen LogP contribution in [0.3, 0.4) is 0 Å². The van der Waals surface area contributed by atoms with Crippen molar-refractivity contribution >= 4 is 5.69 Å². The van der Waals surface area contributed by atoms with E-state index in [2.05, 4.69) is 19.2 Å². The molecule has 0 saturated carbocycles. The maximum atomic E-state index is 13.6. The minimum absolute atomic E-state index is 0.175. The number of hydrogen-bond donors (Lipinski definition) is 2. The SMILES string of the molecule is CCCC(CN)(CCC)Nc1ccccc1F. The number of para-hydroxylation sites is 1. The molecule has 0 aromatic heterocycles. The molecule has 0 heterocycles. The van der Waals surface area contributed by atoms with Gasteiger partial charge in [0.1, 0.15) is 5.82 Å². The average Bonchev–Trinajstić information content (AvgIpc) is 2.33. The Morgan fingerprint density at radius 1 is 1.18 bits per heavy atom. The maximum absolute atomic E-state index is 13.6. The first-order valence-corrected chi connectivity index (χ1v) is 6.40. The van der Waals surface area contributed by atoms with Crippen molar-refractivity contribution in [2.24, 2.45) is 5.73 Å². The van der Waals surface area contributed by atoms with Crippen LogP contribution in [-0.4, -0.2) is 12.1 Å². The van der Waals surface area contributed by atoms with Crippen LogP contribution in [0, 0.1) is 5.82 Å². The van der Waals surface area contributed by atoms with Crippen LogP contribution < -0.4 is 11.1 Å². The maximum Gasteiger partial charge on any atom is 0.146 e. The van der Waals surface area contributed by atoms with Crippen LogP contribution in [-0.2, 0) is 0 Å². The van der Waals surface area contributed by atoms with E-state index >= 15 is 0 Å². The van der Waals surface area contributed by atoms with Crippen molar-refractivity contribution in [3.05, 3.63) is 30.1 Å². The molecule has 2 nitrogen and oxygen atoms in total. The second-order valence-corrected chi connectivity index (χ2v) is 4.59. The third-order valence-corrected chi connectivity index (χ3v) is 3.12. The summed E-state index contributed by atoms with van der Waals surface area (Å²) in [4.78, 5) is 0. The summed E-state index contributed by atoms with van der Waals surface area (Å²) < 4.78 is 13.6. The summed E-state index contributed by atoms with van der Waals surface area (Å²) in [5, 5.41) is 3.31. The number of rotatable bonds is 7. The Morgan fingerprint density at radius 2 is 1.76 bits per heavy atom. The van der Waals surface area contributed by atoms with E-state index in [0.29, 0.717) is 12.2 Å². The highest BCUT2D eigenvalue weighted by atomic mass is 19.1. The van der Waals surface area contributed by atoms with Crippen molar-refractivity contribution in [2.45, 2.75) is 45.1 Å². The average molecular weight is 238 g/mol. The van der Waals surface area contributed by atoms with Crippen LogP contribution in [0.15, 0.2) is 24.3 Å². The molecule has 3 N–H and O–H groups in total. The molecule has 0 aliphatic rings. The van der Waals surface area contributed by atoms with Crippen molar-refractivity contribution < 1.29 is 4.39 Å². The zero-order chi connectivity index (χ0) is 12.7. The summed E-state index contributed by atoms with van der Waals surface area (Å²) in [6, 6.07) is 6.78. The Kier molecular flexibility index (Phi) is 5.42. The third kappa shape index (κ3) is 3.70. The molecule has 0 spiro atoms. The molecule has 0 unspecified atom stereocenters. The Labute approximate surface area is 103 Å². The fourth-order valence-electron chi connectivity index (χ4n) is 2.31. The number of anilines is 1. The van der Waals surface area contributed by atoms with Gasteiger partial charge in [-0.25, -0.2) is 4.39 Å². The molecule has 3 heteroatoms. The first-order valence-electron chi connectivity index (χ1n) is 6.40. The van der Waals surface area contributed by atoms with E-state index in [1.807, 2.05) is 6.07 Å². The van der Waals surface area contributed by atoms with Gasteiger partial charge in [-0.05, 0) is 25.0 Å². The van der Waals surface area contributed by atoms with Gasteiger partial charge in [0.2, 0.25) is 0 Å². The minimum Gasteiger partial charge on any atom is -0.376 e. The highest BCUT2D eigenvalue weighted by molar-refractivity contribution is 5.47. The van der Waals surface area contributed by atoms with E-state index in [1.165, 1.54) is 6.07 Å². The van der Waals surface area contributed by atoms with E-state index in [1.54, 1.807) is 12.1 Å². The second kappa shape index (κ2) is 6.60. The summed E-state index contributed by atoms with van der Waals surface area (Å²) in [6.07, 6.45) is 4.01.